The number of benzene rings is 1. The molecule has 0 saturated heterocycles. The molecule has 0 radical (unpaired) electrons. The molecule has 6 heteroatoms. The number of rotatable bonds is 7. The zero-order chi connectivity index (χ0) is 15.3. The van der Waals surface area contributed by atoms with E-state index in [2.05, 4.69) is 4.72 Å². The smallest absolute Gasteiger partial charge is 0.216 e. The van der Waals surface area contributed by atoms with E-state index in [1.807, 2.05) is 24.4 Å². The Balaban J connectivity index is 2.10. The van der Waals surface area contributed by atoms with Gasteiger partial charge in [0.2, 0.25) is 10.0 Å². The first-order chi connectivity index (χ1) is 10.0. The Labute approximate surface area is 129 Å². The van der Waals surface area contributed by atoms with Crippen LogP contribution in [0.5, 0.6) is 0 Å². The maximum absolute atomic E-state index is 12.3. The van der Waals surface area contributed by atoms with Gasteiger partial charge in [0.05, 0.1) is 18.4 Å². The van der Waals surface area contributed by atoms with Gasteiger partial charge in [-0.1, -0.05) is 37.3 Å². The highest BCUT2D eigenvalue weighted by Crippen LogP contribution is 2.23. The van der Waals surface area contributed by atoms with Gasteiger partial charge in [0, 0.05) is 4.88 Å². The molecule has 0 bridgehead atoms. The number of aliphatic hydroxyl groups excluding tert-OH is 1. The van der Waals surface area contributed by atoms with Crippen molar-refractivity contribution < 1.29 is 13.5 Å². The molecule has 1 aromatic heterocycles. The van der Waals surface area contributed by atoms with Gasteiger partial charge in [-0.15, -0.1) is 11.3 Å². The molecule has 0 amide bonds. The fourth-order valence-electron chi connectivity index (χ4n) is 2.13. The van der Waals surface area contributed by atoms with Crippen LogP contribution in [0.25, 0.3) is 0 Å². The van der Waals surface area contributed by atoms with Crippen LogP contribution < -0.4 is 4.72 Å². The van der Waals surface area contributed by atoms with Crippen molar-refractivity contribution >= 4 is 21.4 Å². The molecule has 2 N–H and O–H groups in total. The second-order valence-corrected chi connectivity index (χ2v) is 7.56. The minimum Gasteiger partial charge on any atom is -0.392 e. The van der Waals surface area contributed by atoms with Gasteiger partial charge in [-0.05, 0) is 29.0 Å². The van der Waals surface area contributed by atoms with Gasteiger partial charge >= 0.3 is 0 Å². The van der Waals surface area contributed by atoms with Crippen LogP contribution in [-0.4, -0.2) is 13.5 Å². The first-order valence-corrected chi connectivity index (χ1v) is 9.29. The van der Waals surface area contributed by atoms with E-state index in [-0.39, 0.29) is 18.4 Å². The van der Waals surface area contributed by atoms with Gasteiger partial charge in [0.1, 0.15) is 0 Å². The number of sulfonamides is 1. The van der Waals surface area contributed by atoms with Crippen LogP contribution in [0.4, 0.5) is 0 Å². The molecule has 0 aliphatic rings. The quantitative estimate of drug-likeness (QED) is 0.822. The van der Waals surface area contributed by atoms with Crippen LogP contribution >= 0.6 is 11.3 Å². The zero-order valence-electron chi connectivity index (χ0n) is 11.8. The van der Waals surface area contributed by atoms with Crippen molar-refractivity contribution in [2.45, 2.75) is 31.7 Å². The highest BCUT2D eigenvalue weighted by atomic mass is 32.2. The predicted molar refractivity (Wildman–Crippen MR) is 85.5 cm³/mol. The summed E-state index contributed by atoms with van der Waals surface area (Å²) in [6.45, 7) is 1.87. The number of hydrogen-bond donors (Lipinski definition) is 2. The molecule has 114 valence electrons. The van der Waals surface area contributed by atoms with Crippen LogP contribution in [0.2, 0.25) is 0 Å². The summed E-state index contributed by atoms with van der Waals surface area (Å²) in [6.07, 6.45) is 0.705. The maximum Gasteiger partial charge on any atom is 0.216 e. The second-order valence-electron chi connectivity index (χ2n) is 4.83. The first kappa shape index (κ1) is 16.2. The van der Waals surface area contributed by atoms with Gasteiger partial charge < -0.3 is 5.11 Å². The molecule has 4 nitrogen and oxygen atoms in total. The van der Waals surface area contributed by atoms with Crippen LogP contribution in [-0.2, 0) is 22.4 Å². The Morgan fingerprint density at radius 1 is 1.24 bits per heavy atom. The molecule has 0 aliphatic carbocycles. The Hall–Kier alpha value is -1.21. The van der Waals surface area contributed by atoms with Crippen molar-refractivity contribution in [1.29, 1.82) is 0 Å². The SMILES string of the molecule is CCC(NS(=O)(=O)Cc1cccc(CO)c1)c1cccs1. The molecule has 21 heavy (non-hydrogen) atoms. The molecule has 0 aliphatic heterocycles. The minimum absolute atomic E-state index is 0.0806. The number of nitrogens with one attached hydrogen (secondary N) is 1. The average molecular weight is 325 g/mol. The molecule has 0 spiro atoms. The van der Waals surface area contributed by atoms with Gasteiger partial charge in [-0.3, -0.25) is 0 Å². The predicted octanol–water partition coefficient (Wildman–Crippen LogP) is 2.81. The average Bonchev–Trinajstić information content (AvgIpc) is 2.98. The van der Waals surface area contributed by atoms with Crippen LogP contribution in [0.3, 0.4) is 0 Å². The third-order valence-electron chi connectivity index (χ3n) is 3.15. The Morgan fingerprint density at radius 2 is 2.00 bits per heavy atom. The summed E-state index contributed by atoms with van der Waals surface area (Å²) in [5.74, 6) is -0.0806. The van der Waals surface area contributed by atoms with E-state index in [0.717, 1.165) is 4.88 Å². The number of thiophene rings is 1. The number of aliphatic hydroxyl groups is 1. The van der Waals surface area contributed by atoms with Crippen molar-refractivity contribution in [1.82, 2.24) is 4.72 Å². The summed E-state index contributed by atoms with van der Waals surface area (Å²) < 4.78 is 27.3. The Morgan fingerprint density at radius 3 is 2.62 bits per heavy atom. The van der Waals surface area contributed by atoms with Crippen LogP contribution in [0.1, 0.15) is 35.4 Å². The molecule has 1 heterocycles. The normalized spacial score (nSPS) is 13.2. The Bertz CT molecular complexity index is 666. The van der Waals surface area contributed by atoms with Crippen molar-refractivity contribution in [2.75, 3.05) is 0 Å². The molecule has 2 aromatic rings. The summed E-state index contributed by atoms with van der Waals surface area (Å²) in [4.78, 5) is 1.02. The molecule has 1 atom stereocenters. The van der Waals surface area contributed by atoms with E-state index < -0.39 is 10.0 Å². The van der Waals surface area contributed by atoms with Crippen LogP contribution in [0, 0.1) is 0 Å². The lowest BCUT2D eigenvalue weighted by Gasteiger charge is -2.16. The second kappa shape index (κ2) is 7.17. The third-order valence-corrected chi connectivity index (χ3v) is 5.49. The number of hydrogen-bond acceptors (Lipinski definition) is 4. The summed E-state index contributed by atoms with van der Waals surface area (Å²) in [6, 6.07) is 10.7. The zero-order valence-corrected chi connectivity index (χ0v) is 13.5. The van der Waals surface area contributed by atoms with Gasteiger partial charge in [0.25, 0.3) is 0 Å². The monoisotopic (exact) mass is 325 g/mol. The standard InChI is InChI=1S/C15H19NO3S2/c1-2-14(15-7-4-8-20-15)16-21(18,19)11-13-6-3-5-12(9-13)10-17/h3-9,14,16-17H,2,10-11H2,1H3. The van der Waals surface area contributed by atoms with E-state index in [1.165, 1.54) is 0 Å². The summed E-state index contributed by atoms with van der Waals surface area (Å²) in [5.41, 5.74) is 1.39. The third kappa shape index (κ3) is 4.64. The van der Waals surface area contributed by atoms with Gasteiger partial charge in [-0.2, -0.15) is 0 Å². The summed E-state index contributed by atoms with van der Waals surface area (Å²) >= 11 is 1.55. The molecule has 1 aromatic carbocycles. The summed E-state index contributed by atoms with van der Waals surface area (Å²) in [5, 5.41) is 11.0. The highest BCUT2D eigenvalue weighted by Gasteiger charge is 2.19. The van der Waals surface area contributed by atoms with Crippen molar-refractivity contribution in [2.24, 2.45) is 0 Å². The molecule has 0 fully saturated rings. The fourth-order valence-corrected chi connectivity index (χ4v) is 4.49. The summed E-state index contributed by atoms with van der Waals surface area (Å²) in [7, 11) is -3.42. The van der Waals surface area contributed by atoms with Crippen LogP contribution in [0.15, 0.2) is 41.8 Å². The molecular weight excluding hydrogens is 306 g/mol. The van der Waals surface area contributed by atoms with Crippen molar-refractivity contribution in [3.63, 3.8) is 0 Å². The largest absolute Gasteiger partial charge is 0.392 e. The molecule has 0 saturated carbocycles. The minimum atomic E-state index is -3.42. The lowest BCUT2D eigenvalue weighted by atomic mass is 10.1. The molecular formula is C15H19NO3S2. The highest BCUT2D eigenvalue weighted by molar-refractivity contribution is 7.88. The van der Waals surface area contributed by atoms with E-state index in [4.69, 9.17) is 5.11 Å². The molecule has 1 unspecified atom stereocenters. The van der Waals surface area contributed by atoms with Gasteiger partial charge in [-0.25, -0.2) is 13.1 Å². The lowest BCUT2D eigenvalue weighted by molar-refractivity contribution is 0.282. The van der Waals surface area contributed by atoms with Gasteiger partial charge in [0.15, 0.2) is 0 Å². The van der Waals surface area contributed by atoms with E-state index in [0.29, 0.717) is 17.5 Å². The van der Waals surface area contributed by atoms with E-state index >= 15 is 0 Å². The molecule has 2 rings (SSSR count). The van der Waals surface area contributed by atoms with Crippen molar-refractivity contribution in [3.8, 4) is 0 Å². The van der Waals surface area contributed by atoms with E-state index in [1.54, 1.807) is 35.6 Å². The van der Waals surface area contributed by atoms with Crippen molar-refractivity contribution in [3.05, 3.63) is 57.8 Å². The maximum atomic E-state index is 12.3. The topological polar surface area (TPSA) is 66.4 Å². The lowest BCUT2D eigenvalue weighted by Crippen LogP contribution is -2.29. The first-order valence-electron chi connectivity index (χ1n) is 6.76. The Kier molecular flexibility index (Phi) is 5.52. The van der Waals surface area contributed by atoms with E-state index in [9.17, 15) is 8.42 Å². The fraction of sp³-hybridized carbons (Fsp3) is 0.333.